The van der Waals surface area contributed by atoms with E-state index in [2.05, 4.69) is 9.97 Å². The molecule has 0 radical (unpaired) electrons. The van der Waals surface area contributed by atoms with E-state index in [0.717, 1.165) is 5.56 Å². The molecule has 0 N–H and O–H groups in total. The van der Waals surface area contributed by atoms with Crippen molar-refractivity contribution in [2.24, 2.45) is 0 Å². The summed E-state index contributed by atoms with van der Waals surface area (Å²) >= 11 is 0. The Labute approximate surface area is 224 Å². The van der Waals surface area contributed by atoms with Crippen molar-refractivity contribution in [3.63, 3.8) is 0 Å². The summed E-state index contributed by atoms with van der Waals surface area (Å²) < 4.78 is 50.3. The standard InChI is InChI=1S/C27H24F3N5O2.C2H6/c1-15(28)11-34-12-16-9-17(29)3-4-18(16)20-10-31-27(35-14-32-24(25(20)35)26(34)36)33(2)13-21-19-7-8-37-23(19)6-5-22(21)30;1-2/h3-6,9-10,14-15H,7-8,11-13H2,1-2H3;1-2H3. The van der Waals surface area contributed by atoms with Crippen LogP contribution in [0.3, 0.4) is 0 Å². The Kier molecular flexibility index (Phi) is 7.20. The van der Waals surface area contributed by atoms with Gasteiger partial charge in [-0.25, -0.2) is 23.1 Å². The van der Waals surface area contributed by atoms with Gasteiger partial charge in [0, 0.05) is 49.4 Å². The lowest BCUT2D eigenvalue weighted by Gasteiger charge is -2.27. The maximum Gasteiger partial charge on any atom is 0.275 e. The number of aromatic nitrogens is 3. The zero-order valence-electron chi connectivity index (χ0n) is 22.3. The maximum atomic E-state index is 14.8. The summed E-state index contributed by atoms with van der Waals surface area (Å²) in [6, 6.07) is 7.38. The van der Waals surface area contributed by atoms with E-state index in [1.807, 2.05) is 13.8 Å². The van der Waals surface area contributed by atoms with Crippen LogP contribution in [0.2, 0.25) is 0 Å². The third-order valence-electron chi connectivity index (χ3n) is 6.91. The number of anilines is 1. The lowest BCUT2D eigenvalue weighted by Crippen LogP contribution is -2.36. The molecule has 2 aliphatic heterocycles. The van der Waals surface area contributed by atoms with E-state index in [4.69, 9.17) is 4.74 Å². The second kappa shape index (κ2) is 10.6. The van der Waals surface area contributed by atoms with Gasteiger partial charge in [0.1, 0.15) is 29.9 Å². The first-order valence-corrected chi connectivity index (χ1v) is 13.0. The summed E-state index contributed by atoms with van der Waals surface area (Å²) in [6.07, 6.45) is 2.46. The SMILES string of the molecule is CC.CC(F)CN1Cc2cc(F)ccc2-c2cnc(N(C)Cc3c(F)ccc4c3CCO4)n3cnc(c23)C1=O. The summed E-state index contributed by atoms with van der Waals surface area (Å²) in [5.41, 5.74) is 3.84. The fourth-order valence-corrected chi connectivity index (χ4v) is 5.27. The van der Waals surface area contributed by atoms with Crippen LogP contribution >= 0.6 is 0 Å². The molecule has 204 valence electrons. The van der Waals surface area contributed by atoms with Crippen molar-refractivity contribution >= 4 is 17.4 Å². The second-order valence-electron chi connectivity index (χ2n) is 9.51. The monoisotopic (exact) mass is 537 g/mol. The molecule has 4 aromatic rings. The Balaban J connectivity index is 0.00000151. The van der Waals surface area contributed by atoms with Crippen LogP contribution in [-0.4, -0.2) is 51.5 Å². The van der Waals surface area contributed by atoms with Crippen molar-refractivity contribution in [1.29, 1.82) is 0 Å². The number of ether oxygens (including phenoxy) is 1. The smallest absolute Gasteiger partial charge is 0.275 e. The molecule has 1 amide bonds. The number of rotatable bonds is 5. The molecule has 6 rings (SSSR count). The highest BCUT2D eigenvalue weighted by Crippen LogP contribution is 2.36. The molecular weight excluding hydrogens is 507 g/mol. The van der Waals surface area contributed by atoms with Crippen molar-refractivity contribution in [3.05, 3.63) is 76.9 Å². The summed E-state index contributed by atoms with van der Waals surface area (Å²) in [5, 5.41) is 0. The molecule has 2 aromatic carbocycles. The van der Waals surface area contributed by atoms with Gasteiger partial charge in [-0.05, 0) is 42.3 Å². The number of nitrogens with zero attached hydrogens (tertiary/aromatic N) is 5. The van der Waals surface area contributed by atoms with Gasteiger partial charge in [0.15, 0.2) is 5.69 Å². The molecule has 1 atom stereocenters. The number of hydrogen-bond donors (Lipinski definition) is 0. The van der Waals surface area contributed by atoms with Crippen LogP contribution in [0.1, 0.15) is 48.0 Å². The van der Waals surface area contributed by atoms with Crippen LogP contribution in [0, 0.1) is 11.6 Å². The normalized spacial score (nSPS) is 14.5. The minimum atomic E-state index is -1.27. The van der Waals surface area contributed by atoms with Gasteiger partial charge in [-0.3, -0.25) is 9.20 Å². The maximum absolute atomic E-state index is 14.8. The molecule has 0 bridgehead atoms. The predicted octanol–water partition coefficient (Wildman–Crippen LogP) is 5.59. The molecule has 7 nitrogen and oxygen atoms in total. The fourth-order valence-electron chi connectivity index (χ4n) is 5.27. The van der Waals surface area contributed by atoms with Crippen LogP contribution in [0.4, 0.5) is 19.1 Å². The van der Waals surface area contributed by atoms with Crippen molar-refractivity contribution in [1.82, 2.24) is 19.3 Å². The minimum absolute atomic E-state index is 0.0424. The van der Waals surface area contributed by atoms with Gasteiger partial charge in [-0.2, -0.15) is 0 Å². The summed E-state index contributed by atoms with van der Waals surface area (Å²) in [4.78, 5) is 25.7. The van der Waals surface area contributed by atoms with Crippen LogP contribution in [0.15, 0.2) is 42.9 Å². The molecule has 0 saturated heterocycles. The zero-order chi connectivity index (χ0) is 27.8. The number of carbonyl (C=O) groups excluding carboxylic acids is 1. The van der Waals surface area contributed by atoms with Crippen molar-refractivity contribution in [3.8, 4) is 16.9 Å². The number of imidazole rings is 1. The summed E-state index contributed by atoms with van der Waals surface area (Å²) in [6.45, 7) is 5.99. The van der Waals surface area contributed by atoms with E-state index in [1.54, 1.807) is 34.7 Å². The zero-order valence-corrected chi connectivity index (χ0v) is 22.3. The Bertz CT molecular complexity index is 1550. The lowest BCUT2D eigenvalue weighted by molar-refractivity contribution is 0.0697. The Hall–Kier alpha value is -4.08. The highest BCUT2D eigenvalue weighted by atomic mass is 19.1. The molecule has 0 saturated carbocycles. The largest absolute Gasteiger partial charge is 0.493 e. The number of benzene rings is 2. The Morgan fingerprint density at radius 2 is 1.92 bits per heavy atom. The molecule has 0 aliphatic carbocycles. The summed E-state index contributed by atoms with van der Waals surface area (Å²) in [5.74, 6) is -0.105. The van der Waals surface area contributed by atoms with Gasteiger partial charge in [0.25, 0.3) is 5.91 Å². The minimum Gasteiger partial charge on any atom is -0.493 e. The van der Waals surface area contributed by atoms with E-state index in [0.29, 0.717) is 52.5 Å². The van der Waals surface area contributed by atoms with Crippen LogP contribution in [0.5, 0.6) is 5.75 Å². The topological polar surface area (TPSA) is 63.0 Å². The van der Waals surface area contributed by atoms with Crippen molar-refractivity contribution in [2.45, 2.75) is 46.5 Å². The van der Waals surface area contributed by atoms with Gasteiger partial charge < -0.3 is 14.5 Å². The molecular formula is C29H30F3N5O2. The van der Waals surface area contributed by atoms with E-state index in [-0.39, 0.29) is 31.1 Å². The first kappa shape index (κ1) is 26.5. The quantitative estimate of drug-likeness (QED) is 0.332. The van der Waals surface area contributed by atoms with E-state index < -0.39 is 17.9 Å². The third kappa shape index (κ3) is 4.68. The van der Waals surface area contributed by atoms with Crippen LogP contribution < -0.4 is 9.64 Å². The average Bonchev–Trinajstić information content (AvgIpc) is 3.57. The van der Waals surface area contributed by atoms with Crippen molar-refractivity contribution < 1.29 is 22.7 Å². The second-order valence-corrected chi connectivity index (χ2v) is 9.51. The molecule has 4 heterocycles. The van der Waals surface area contributed by atoms with Gasteiger partial charge in [-0.1, -0.05) is 19.9 Å². The van der Waals surface area contributed by atoms with Crippen molar-refractivity contribution in [2.75, 3.05) is 25.1 Å². The van der Waals surface area contributed by atoms with E-state index in [9.17, 15) is 18.0 Å². The van der Waals surface area contributed by atoms with E-state index in [1.165, 1.54) is 36.4 Å². The first-order valence-electron chi connectivity index (χ1n) is 13.0. The molecule has 2 aromatic heterocycles. The molecule has 0 fully saturated rings. The van der Waals surface area contributed by atoms with Crippen LogP contribution in [-0.2, 0) is 19.5 Å². The Morgan fingerprint density at radius 3 is 2.69 bits per heavy atom. The lowest BCUT2D eigenvalue weighted by atomic mass is 9.97. The number of amides is 1. The number of halogens is 3. The van der Waals surface area contributed by atoms with Gasteiger partial charge >= 0.3 is 0 Å². The van der Waals surface area contributed by atoms with E-state index >= 15 is 0 Å². The van der Waals surface area contributed by atoms with Gasteiger partial charge in [-0.15, -0.1) is 0 Å². The van der Waals surface area contributed by atoms with Gasteiger partial charge in [0.05, 0.1) is 18.7 Å². The fraction of sp³-hybridized carbons (Fsp3) is 0.345. The third-order valence-corrected chi connectivity index (χ3v) is 6.91. The number of fused-ring (bicyclic) bond motifs is 3. The number of alkyl halides is 1. The first-order chi connectivity index (χ1) is 18.8. The molecule has 0 spiro atoms. The predicted molar refractivity (Wildman–Crippen MR) is 143 cm³/mol. The summed E-state index contributed by atoms with van der Waals surface area (Å²) in [7, 11) is 1.78. The number of hydrogen-bond acceptors (Lipinski definition) is 5. The van der Waals surface area contributed by atoms with Crippen LogP contribution in [0.25, 0.3) is 16.6 Å². The molecule has 39 heavy (non-hydrogen) atoms. The number of carbonyl (C=O) groups is 1. The molecule has 2 aliphatic rings. The van der Waals surface area contributed by atoms with Gasteiger partial charge in [0.2, 0.25) is 5.95 Å². The highest BCUT2D eigenvalue weighted by Gasteiger charge is 2.30. The molecule has 10 heteroatoms. The Morgan fingerprint density at radius 1 is 1.13 bits per heavy atom. The molecule has 1 unspecified atom stereocenters. The average molecular weight is 538 g/mol. The highest BCUT2D eigenvalue weighted by molar-refractivity contribution is 6.04.